The first kappa shape index (κ1) is 10.6. The summed E-state index contributed by atoms with van der Waals surface area (Å²) in [6.07, 6.45) is 4.17. The summed E-state index contributed by atoms with van der Waals surface area (Å²) in [5.41, 5.74) is 2.30. The Kier molecular flexibility index (Phi) is 2.54. The maximum atomic E-state index is 4.71. The van der Waals surface area contributed by atoms with Crippen molar-refractivity contribution in [3.05, 3.63) is 24.3 Å². The predicted octanol–water partition coefficient (Wildman–Crippen LogP) is 2.81. The smallest absolute Gasteiger partial charge is 0.206 e. The van der Waals surface area contributed by atoms with Gasteiger partial charge in [-0.3, -0.25) is 0 Å². The molecule has 1 aromatic heterocycles. The number of nitrogens with zero attached hydrogens (tertiary/aromatic N) is 3. The number of aryl methyl sites for hydroxylation is 1. The molecule has 3 rings (SSSR count). The number of aromatic nitrogens is 2. The molecule has 1 aliphatic rings. The van der Waals surface area contributed by atoms with Gasteiger partial charge >= 0.3 is 0 Å². The first-order chi connectivity index (χ1) is 8.25. The molecule has 0 atom stereocenters. The summed E-state index contributed by atoms with van der Waals surface area (Å²) in [5.74, 6) is 1.96. The van der Waals surface area contributed by atoms with Gasteiger partial charge in [-0.15, -0.1) is 0 Å². The van der Waals surface area contributed by atoms with Crippen LogP contribution in [-0.2, 0) is 7.05 Å². The first-order valence-corrected chi connectivity index (χ1v) is 6.38. The molecule has 1 heterocycles. The number of anilines is 1. The van der Waals surface area contributed by atoms with Crippen molar-refractivity contribution in [3.63, 3.8) is 0 Å². The van der Waals surface area contributed by atoms with Crippen molar-refractivity contribution in [2.75, 3.05) is 18.5 Å². The average Bonchev–Trinajstić information content (AvgIpc) is 2.62. The van der Waals surface area contributed by atoms with Gasteiger partial charge in [-0.1, -0.05) is 18.6 Å². The van der Waals surface area contributed by atoms with Crippen LogP contribution < -0.4 is 4.90 Å². The number of para-hydroxylation sites is 2. The third-order valence-electron chi connectivity index (χ3n) is 3.86. The maximum Gasteiger partial charge on any atom is 0.206 e. The van der Waals surface area contributed by atoms with Gasteiger partial charge in [0.2, 0.25) is 5.95 Å². The highest BCUT2D eigenvalue weighted by atomic mass is 15.3. The standard InChI is InChI=1S/C14H19N3/c1-16(10-11-6-5-7-11)14-15-12-8-3-4-9-13(12)17(14)2/h3-4,8-9,11H,5-7,10H2,1-2H3. The van der Waals surface area contributed by atoms with Crippen molar-refractivity contribution in [1.82, 2.24) is 9.55 Å². The summed E-state index contributed by atoms with van der Waals surface area (Å²) >= 11 is 0. The lowest BCUT2D eigenvalue weighted by Gasteiger charge is -2.30. The minimum Gasteiger partial charge on any atom is -0.345 e. The fourth-order valence-electron chi connectivity index (χ4n) is 2.62. The van der Waals surface area contributed by atoms with Gasteiger partial charge in [-0.2, -0.15) is 0 Å². The van der Waals surface area contributed by atoms with E-state index in [-0.39, 0.29) is 0 Å². The van der Waals surface area contributed by atoms with Crippen LogP contribution in [0.5, 0.6) is 0 Å². The van der Waals surface area contributed by atoms with Crippen LogP contribution >= 0.6 is 0 Å². The second-order valence-corrected chi connectivity index (χ2v) is 5.14. The molecular weight excluding hydrogens is 210 g/mol. The molecule has 0 unspecified atom stereocenters. The summed E-state index contributed by atoms with van der Waals surface area (Å²) < 4.78 is 2.19. The minimum absolute atomic E-state index is 0.875. The largest absolute Gasteiger partial charge is 0.345 e. The van der Waals surface area contributed by atoms with Gasteiger partial charge in [0.25, 0.3) is 0 Å². The summed E-state index contributed by atoms with van der Waals surface area (Å²) in [5, 5.41) is 0. The SMILES string of the molecule is CN(CC1CCC1)c1nc2ccccc2n1C. The molecule has 0 bridgehead atoms. The Balaban J connectivity index is 1.90. The van der Waals surface area contributed by atoms with E-state index in [9.17, 15) is 0 Å². The molecule has 1 saturated carbocycles. The van der Waals surface area contributed by atoms with Crippen molar-refractivity contribution in [3.8, 4) is 0 Å². The van der Waals surface area contributed by atoms with Crippen LogP contribution in [0.2, 0.25) is 0 Å². The molecule has 90 valence electrons. The fourth-order valence-corrected chi connectivity index (χ4v) is 2.62. The van der Waals surface area contributed by atoms with E-state index in [0.717, 1.165) is 23.9 Å². The zero-order chi connectivity index (χ0) is 11.8. The minimum atomic E-state index is 0.875. The Morgan fingerprint density at radius 1 is 1.35 bits per heavy atom. The van der Waals surface area contributed by atoms with Crippen LogP contribution in [0.1, 0.15) is 19.3 Å². The Bertz CT molecular complexity index is 525. The normalized spacial score (nSPS) is 16.1. The molecular formula is C14H19N3. The average molecular weight is 229 g/mol. The summed E-state index contributed by atoms with van der Waals surface area (Å²) in [4.78, 5) is 7.01. The monoisotopic (exact) mass is 229 g/mol. The lowest BCUT2D eigenvalue weighted by Crippen LogP contribution is -2.30. The molecule has 0 aliphatic heterocycles. The van der Waals surface area contributed by atoms with Gasteiger partial charge in [0.05, 0.1) is 11.0 Å². The van der Waals surface area contributed by atoms with E-state index in [4.69, 9.17) is 4.98 Å². The highest BCUT2D eigenvalue weighted by molar-refractivity contribution is 5.78. The van der Waals surface area contributed by atoms with E-state index in [1.807, 2.05) is 6.07 Å². The van der Waals surface area contributed by atoms with Gasteiger partial charge < -0.3 is 9.47 Å². The van der Waals surface area contributed by atoms with Crippen molar-refractivity contribution >= 4 is 17.0 Å². The van der Waals surface area contributed by atoms with Gasteiger partial charge in [0.1, 0.15) is 0 Å². The van der Waals surface area contributed by atoms with Gasteiger partial charge in [-0.25, -0.2) is 4.98 Å². The molecule has 0 amide bonds. The number of benzene rings is 1. The van der Waals surface area contributed by atoms with Gasteiger partial charge in [0, 0.05) is 20.6 Å². The van der Waals surface area contributed by atoms with Crippen LogP contribution in [0, 0.1) is 5.92 Å². The number of hydrogen-bond donors (Lipinski definition) is 0. The molecule has 1 aliphatic carbocycles. The topological polar surface area (TPSA) is 21.1 Å². The van der Waals surface area contributed by atoms with E-state index in [1.54, 1.807) is 0 Å². The summed E-state index contributed by atoms with van der Waals surface area (Å²) in [6, 6.07) is 8.32. The van der Waals surface area contributed by atoms with E-state index in [2.05, 4.69) is 41.8 Å². The van der Waals surface area contributed by atoms with Crippen LogP contribution in [0.25, 0.3) is 11.0 Å². The van der Waals surface area contributed by atoms with Gasteiger partial charge in [0.15, 0.2) is 0 Å². The Labute approximate surface area is 102 Å². The molecule has 0 saturated heterocycles. The number of fused-ring (bicyclic) bond motifs is 1. The molecule has 0 N–H and O–H groups in total. The summed E-state index contributed by atoms with van der Waals surface area (Å²) in [6.45, 7) is 1.14. The second kappa shape index (κ2) is 4.06. The molecule has 0 spiro atoms. The Morgan fingerprint density at radius 2 is 2.12 bits per heavy atom. The van der Waals surface area contributed by atoms with E-state index in [0.29, 0.717) is 0 Å². The number of rotatable bonds is 3. The van der Waals surface area contributed by atoms with E-state index < -0.39 is 0 Å². The van der Waals surface area contributed by atoms with Crippen LogP contribution in [0.3, 0.4) is 0 Å². The molecule has 1 aromatic carbocycles. The number of hydrogen-bond acceptors (Lipinski definition) is 2. The molecule has 1 fully saturated rings. The molecule has 3 heteroatoms. The Hall–Kier alpha value is -1.51. The Morgan fingerprint density at radius 3 is 2.76 bits per heavy atom. The lowest BCUT2D eigenvalue weighted by molar-refractivity contribution is 0.320. The van der Waals surface area contributed by atoms with Crippen LogP contribution in [-0.4, -0.2) is 23.1 Å². The van der Waals surface area contributed by atoms with Crippen molar-refractivity contribution < 1.29 is 0 Å². The van der Waals surface area contributed by atoms with Crippen molar-refractivity contribution in [1.29, 1.82) is 0 Å². The predicted molar refractivity (Wildman–Crippen MR) is 71.3 cm³/mol. The van der Waals surface area contributed by atoms with Gasteiger partial charge in [-0.05, 0) is 30.9 Å². The van der Waals surface area contributed by atoms with Crippen molar-refractivity contribution in [2.45, 2.75) is 19.3 Å². The molecule has 2 aromatic rings. The number of imidazole rings is 1. The first-order valence-electron chi connectivity index (χ1n) is 6.38. The zero-order valence-corrected chi connectivity index (χ0v) is 10.6. The quantitative estimate of drug-likeness (QED) is 0.807. The zero-order valence-electron chi connectivity index (χ0n) is 10.6. The van der Waals surface area contributed by atoms with Crippen LogP contribution in [0.15, 0.2) is 24.3 Å². The van der Waals surface area contributed by atoms with Crippen molar-refractivity contribution in [2.24, 2.45) is 13.0 Å². The van der Waals surface area contributed by atoms with Crippen LogP contribution in [0.4, 0.5) is 5.95 Å². The third-order valence-corrected chi connectivity index (χ3v) is 3.86. The lowest BCUT2D eigenvalue weighted by atomic mass is 9.85. The third kappa shape index (κ3) is 1.79. The second-order valence-electron chi connectivity index (χ2n) is 5.14. The highest BCUT2D eigenvalue weighted by Crippen LogP contribution is 2.28. The fraction of sp³-hybridized carbons (Fsp3) is 0.500. The van der Waals surface area contributed by atoms with E-state index >= 15 is 0 Å². The molecule has 0 radical (unpaired) electrons. The maximum absolute atomic E-state index is 4.71. The molecule has 3 nitrogen and oxygen atoms in total. The van der Waals surface area contributed by atoms with E-state index in [1.165, 1.54) is 24.8 Å². The summed E-state index contributed by atoms with van der Waals surface area (Å²) in [7, 11) is 4.25. The highest BCUT2D eigenvalue weighted by Gasteiger charge is 2.21. The molecule has 17 heavy (non-hydrogen) atoms.